The Morgan fingerprint density at radius 2 is 2.38 bits per heavy atom. The molecule has 13 heavy (non-hydrogen) atoms. The molecule has 2 rings (SSSR count). The fraction of sp³-hybridized carbons (Fsp3) is 0.250. The molecule has 0 fully saturated rings. The number of anilines is 1. The van der Waals surface area contributed by atoms with Crippen molar-refractivity contribution in [2.75, 3.05) is 12.4 Å². The van der Waals surface area contributed by atoms with Gasteiger partial charge in [-0.1, -0.05) is 0 Å². The zero-order valence-electron chi connectivity index (χ0n) is 7.37. The number of nitrogens with zero attached hydrogens (tertiary/aromatic N) is 2. The molecule has 0 aliphatic heterocycles. The Kier molecular flexibility index (Phi) is 2.02. The molecule has 0 aliphatic carbocycles. The van der Waals surface area contributed by atoms with E-state index in [1.54, 1.807) is 6.26 Å². The average molecular weight is 195 g/mol. The average Bonchev–Trinajstić information content (AvgIpc) is 2.71. The van der Waals surface area contributed by atoms with Gasteiger partial charge in [-0.15, -0.1) is 0 Å². The molecule has 0 spiro atoms. The number of aromatic nitrogens is 2. The summed E-state index contributed by atoms with van der Waals surface area (Å²) in [7, 11) is 1.83. The summed E-state index contributed by atoms with van der Waals surface area (Å²) in [6.07, 6.45) is 1.64. The van der Waals surface area contributed by atoms with Gasteiger partial charge in [0.2, 0.25) is 5.13 Å². The van der Waals surface area contributed by atoms with E-state index in [4.69, 9.17) is 4.42 Å². The summed E-state index contributed by atoms with van der Waals surface area (Å²) in [4.78, 5) is 4.27. The Hall–Kier alpha value is -1.36. The van der Waals surface area contributed by atoms with Crippen molar-refractivity contribution in [3.8, 4) is 11.4 Å². The van der Waals surface area contributed by atoms with E-state index in [2.05, 4.69) is 14.7 Å². The van der Waals surface area contributed by atoms with Gasteiger partial charge in [-0.05, 0) is 13.0 Å². The lowest BCUT2D eigenvalue weighted by molar-refractivity contribution is 0.535. The Bertz CT molecular complexity index is 407. The van der Waals surface area contributed by atoms with Crippen LogP contribution >= 0.6 is 11.5 Å². The third-order valence-electron chi connectivity index (χ3n) is 1.74. The highest BCUT2D eigenvalue weighted by Crippen LogP contribution is 2.24. The van der Waals surface area contributed by atoms with E-state index in [9.17, 15) is 0 Å². The summed E-state index contributed by atoms with van der Waals surface area (Å²) >= 11 is 1.34. The van der Waals surface area contributed by atoms with Crippen LogP contribution in [0, 0.1) is 6.92 Å². The molecule has 0 atom stereocenters. The predicted molar refractivity (Wildman–Crippen MR) is 51.9 cm³/mol. The van der Waals surface area contributed by atoms with Crippen molar-refractivity contribution in [3.63, 3.8) is 0 Å². The molecular formula is C8H9N3OS. The van der Waals surface area contributed by atoms with Gasteiger partial charge in [0, 0.05) is 18.6 Å². The van der Waals surface area contributed by atoms with Gasteiger partial charge >= 0.3 is 0 Å². The van der Waals surface area contributed by atoms with Crippen molar-refractivity contribution in [1.29, 1.82) is 0 Å². The minimum atomic E-state index is 0.723. The topological polar surface area (TPSA) is 51.0 Å². The third-order valence-corrected chi connectivity index (χ3v) is 2.47. The summed E-state index contributed by atoms with van der Waals surface area (Å²) in [6.45, 7) is 1.90. The monoisotopic (exact) mass is 195 g/mol. The predicted octanol–water partition coefficient (Wildman–Crippen LogP) is 2.15. The van der Waals surface area contributed by atoms with E-state index in [0.29, 0.717) is 0 Å². The highest BCUT2D eigenvalue weighted by Gasteiger charge is 2.09. The van der Waals surface area contributed by atoms with E-state index < -0.39 is 0 Å². The Morgan fingerprint density at radius 1 is 1.54 bits per heavy atom. The van der Waals surface area contributed by atoms with Crippen molar-refractivity contribution in [3.05, 3.63) is 18.1 Å². The van der Waals surface area contributed by atoms with Crippen molar-refractivity contribution in [1.82, 2.24) is 9.36 Å². The number of hydrogen-bond donors (Lipinski definition) is 1. The van der Waals surface area contributed by atoms with Crippen molar-refractivity contribution >= 4 is 16.7 Å². The maximum absolute atomic E-state index is 5.17. The van der Waals surface area contributed by atoms with E-state index in [0.717, 1.165) is 22.3 Å². The first kappa shape index (κ1) is 8.25. The molecule has 4 nitrogen and oxygen atoms in total. The summed E-state index contributed by atoms with van der Waals surface area (Å²) in [5.74, 6) is 1.57. The minimum absolute atomic E-state index is 0.723. The van der Waals surface area contributed by atoms with Crippen LogP contribution in [0.4, 0.5) is 5.13 Å². The van der Waals surface area contributed by atoms with Crippen molar-refractivity contribution in [2.24, 2.45) is 0 Å². The quantitative estimate of drug-likeness (QED) is 0.797. The maximum atomic E-state index is 5.17. The Labute approximate surface area is 79.8 Å². The molecule has 0 radical (unpaired) electrons. The van der Waals surface area contributed by atoms with Crippen LogP contribution in [0.15, 0.2) is 16.7 Å². The molecule has 0 saturated carbocycles. The van der Waals surface area contributed by atoms with Gasteiger partial charge in [0.15, 0.2) is 5.82 Å². The van der Waals surface area contributed by atoms with Crippen LogP contribution in [0.1, 0.15) is 5.76 Å². The number of aryl methyl sites for hydroxylation is 1. The maximum Gasteiger partial charge on any atom is 0.202 e. The first-order valence-electron chi connectivity index (χ1n) is 3.87. The van der Waals surface area contributed by atoms with Crippen LogP contribution in [-0.4, -0.2) is 16.4 Å². The van der Waals surface area contributed by atoms with E-state index >= 15 is 0 Å². The number of rotatable bonds is 2. The fourth-order valence-electron chi connectivity index (χ4n) is 1.05. The van der Waals surface area contributed by atoms with Crippen LogP contribution in [0.2, 0.25) is 0 Å². The zero-order valence-corrected chi connectivity index (χ0v) is 8.18. The molecule has 5 heteroatoms. The summed E-state index contributed by atoms with van der Waals surface area (Å²) in [6, 6.07) is 1.87. The van der Waals surface area contributed by atoms with Gasteiger partial charge in [-0.25, -0.2) is 0 Å². The zero-order chi connectivity index (χ0) is 9.26. The molecule has 0 saturated heterocycles. The number of furan rings is 1. The first-order chi connectivity index (χ1) is 6.31. The number of nitrogens with one attached hydrogen (secondary N) is 1. The fourth-order valence-corrected chi connectivity index (χ4v) is 1.58. The number of hydrogen-bond acceptors (Lipinski definition) is 5. The normalized spacial score (nSPS) is 10.3. The van der Waals surface area contributed by atoms with Crippen molar-refractivity contribution in [2.45, 2.75) is 6.92 Å². The van der Waals surface area contributed by atoms with E-state index in [1.807, 2.05) is 20.0 Å². The van der Waals surface area contributed by atoms with E-state index in [1.165, 1.54) is 11.5 Å². The lowest BCUT2D eigenvalue weighted by Gasteiger charge is -1.89. The van der Waals surface area contributed by atoms with Crippen molar-refractivity contribution < 1.29 is 4.42 Å². The van der Waals surface area contributed by atoms with Crippen LogP contribution in [0.25, 0.3) is 11.4 Å². The summed E-state index contributed by atoms with van der Waals surface area (Å²) < 4.78 is 9.36. The second-order valence-electron chi connectivity index (χ2n) is 2.56. The minimum Gasteiger partial charge on any atom is -0.469 e. The standard InChI is InChI=1S/C8H9N3OS/c1-5-6(3-4-12-5)7-10-8(9-2)13-11-7/h3-4H,1-2H3,(H,9,10,11). The lowest BCUT2D eigenvalue weighted by atomic mass is 10.2. The van der Waals surface area contributed by atoms with Crippen LogP contribution in [0.5, 0.6) is 0 Å². The van der Waals surface area contributed by atoms with Gasteiger partial charge in [0.05, 0.1) is 11.8 Å². The van der Waals surface area contributed by atoms with Gasteiger partial charge in [0.25, 0.3) is 0 Å². The smallest absolute Gasteiger partial charge is 0.202 e. The highest BCUT2D eigenvalue weighted by atomic mass is 32.1. The molecule has 2 aromatic rings. The molecule has 0 amide bonds. The molecule has 0 bridgehead atoms. The molecule has 2 aromatic heterocycles. The third kappa shape index (κ3) is 1.42. The lowest BCUT2D eigenvalue weighted by Crippen LogP contribution is -1.86. The van der Waals surface area contributed by atoms with E-state index in [-0.39, 0.29) is 0 Å². The molecule has 0 aliphatic rings. The molecule has 0 aromatic carbocycles. The van der Waals surface area contributed by atoms with Crippen LogP contribution in [0.3, 0.4) is 0 Å². The van der Waals surface area contributed by atoms with Gasteiger partial charge in [-0.3, -0.25) is 0 Å². The summed E-state index contributed by atoms with van der Waals surface area (Å²) in [5, 5.41) is 3.76. The molecule has 0 unspecified atom stereocenters. The Morgan fingerprint density at radius 3 is 2.92 bits per heavy atom. The second kappa shape index (κ2) is 3.18. The van der Waals surface area contributed by atoms with Crippen LogP contribution in [-0.2, 0) is 0 Å². The van der Waals surface area contributed by atoms with Gasteiger partial charge in [-0.2, -0.15) is 9.36 Å². The Balaban J connectivity index is 2.41. The van der Waals surface area contributed by atoms with Crippen LogP contribution < -0.4 is 5.32 Å². The summed E-state index contributed by atoms with van der Waals surface area (Å²) in [5.41, 5.74) is 0.956. The molecular weight excluding hydrogens is 186 g/mol. The highest BCUT2D eigenvalue weighted by molar-refractivity contribution is 7.09. The van der Waals surface area contributed by atoms with Gasteiger partial charge in [0.1, 0.15) is 5.76 Å². The van der Waals surface area contributed by atoms with Gasteiger partial charge < -0.3 is 9.73 Å². The molecule has 1 N–H and O–H groups in total. The first-order valence-corrected chi connectivity index (χ1v) is 4.64. The SMILES string of the molecule is CNc1nc(-c2ccoc2C)ns1. The second-order valence-corrected chi connectivity index (χ2v) is 3.32. The molecule has 68 valence electrons. The largest absolute Gasteiger partial charge is 0.469 e. The molecule has 2 heterocycles.